The van der Waals surface area contributed by atoms with Gasteiger partial charge in [0.25, 0.3) is 6.43 Å². The number of hydrogen-bond donors (Lipinski definition) is 0. The fourth-order valence-electron chi connectivity index (χ4n) is 1.03. The van der Waals surface area contributed by atoms with E-state index in [1.807, 2.05) is 0 Å². The largest absolute Gasteiger partial charge is 0.433 e. The summed E-state index contributed by atoms with van der Waals surface area (Å²) < 4.78 is 74.3. The molecule has 0 N–H and O–H groups in total. The van der Waals surface area contributed by atoms with Gasteiger partial charge in [-0.2, -0.15) is 17.6 Å². The van der Waals surface area contributed by atoms with Crippen LogP contribution < -0.4 is 0 Å². The summed E-state index contributed by atoms with van der Waals surface area (Å²) in [6.07, 6.45) is -8.14. The molecular formula is C8H4BrF6N. The molecule has 0 spiro atoms. The molecule has 0 atom stereocenters. The number of hydrogen-bond acceptors (Lipinski definition) is 1. The summed E-state index contributed by atoms with van der Waals surface area (Å²) in [6.45, 7) is 0. The Hall–Kier alpha value is -0.790. The lowest BCUT2D eigenvalue weighted by molar-refractivity contribution is -0.141. The topological polar surface area (TPSA) is 12.9 Å². The van der Waals surface area contributed by atoms with Crippen LogP contribution in [0, 0.1) is 5.95 Å². The van der Waals surface area contributed by atoms with E-state index in [9.17, 15) is 26.3 Å². The van der Waals surface area contributed by atoms with Crippen molar-refractivity contribution in [2.45, 2.75) is 17.9 Å². The molecule has 0 fully saturated rings. The van der Waals surface area contributed by atoms with E-state index in [2.05, 4.69) is 20.9 Å². The highest BCUT2D eigenvalue weighted by molar-refractivity contribution is 9.08. The van der Waals surface area contributed by atoms with E-state index in [0.717, 1.165) is 0 Å². The lowest BCUT2D eigenvalue weighted by atomic mass is 10.1. The van der Waals surface area contributed by atoms with Crippen LogP contribution in [0.4, 0.5) is 26.3 Å². The van der Waals surface area contributed by atoms with Gasteiger partial charge in [-0.1, -0.05) is 15.9 Å². The number of alkyl halides is 6. The molecule has 1 heterocycles. The van der Waals surface area contributed by atoms with Crippen LogP contribution in [0.3, 0.4) is 0 Å². The molecular weight excluding hydrogens is 304 g/mol. The third-order valence-corrected chi connectivity index (χ3v) is 2.33. The maximum Gasteiger partial charge on any atom is 0.433 e. The molecule has 0 aliphatic carbocycles. The molecule has 90 valence electrons. The van der Waals surface area contributed by atoms with Gasteiger partial charge in [0.1, 0.15) is 5.69 Å². The van der Waals surface area contributed by atoms with Crippen molar-refractivity contribution in [2.75, 3.05) is 0 Å². The number of aromatic nitrogens is 1. The molecule has 0 bridgehead atoms. The summed E-state index contributed by atoms with van der Waals surface area (Å²) in [5, 5.41) is -0.330. The minimum Gasteiger partial charge on any atom is -0.215 e. The van der Waals surface area contributed by atoms with Crippen molar-refractivity contribution in [2.24, 2.45) is 0 Å². The predicted molar refractivity (Wildman–Crippen MR) is 46.8 cm³/mol. The highest BCUT2D eigenvalue weighted by Gasteiger charge is 2.35. The molecule has 16 heavy (non-hydrogen) atoms. The van der Waals surface area contributed by atoms with Gasteiger partial charge in [0.15, 0.2) is 0 Å². The van der Waals surface area contributed by atoms with Crippen LogP contribution in [-0.2, 0) is 11.5 Å². The quantitative estimate of drug-likeness (QED) is 0.456. The van der Waals surface area contributed by atoms with Crippen molar-refractivity contribution in [1.82, 2.24) is 4.98 Å². The van der Waals surface area contributed by atoms with Gasteiger partial charge >= 0.3 is 6.18 Å². The Morgan fingerprint density at radius 2 is 1.88 bits per heavy atom. The Balaban J connectivity index is 3.40. The minimum absolute atomic E-state index is 0.157. The Morgan fingerprint density at radius 3 is 2.25 bits per heavy atom. The van der Waals surface area contributed by atoms with Gasteiger partial charge in [-0.05, 0) is 6.07 Å². The number of nitrogens with zero attached hydrogens (tertiary/aromatic N) is 1. The molecule has 0 aromatic carbocycles. The molecule has 0 saturated heterocycles. The van der Waals surface area contributed by atoms with Crippen molar-refractivity contribution < 1.29 is 26.3 Å². The van der Waals surface area contributed by atoms with Crippen LogP contribution in [0.1, 0.15) is 23.2 Å². The van der Waals surface area contributed by atoms with Crippen LogP contribution in [-0.4, -0.2) is 4.98 Å². The Bertz CT molecular complexity index is 389. The lowest BCUT2D eigenvalue weighted by Gasteiger charge is -2.11. The number of rotatable bonds is 2. The van der Waals surface area contributed by atoms with Crippen molar-refractivity contribution in [1.29, 1.82) is 0 Å². The first kappa shape index (κ1) is 13.3. The summed E-state index contributed by atoms with van der Waals surface area (Å²) in [4.78, 5) is 2.60. The second-order valence-electron chi connectivity index (χ2n) is 2.80. The van der Waals surface area contributed by atoms with E-state index < -0.39 is 35.4 Å². The first-order valence-corrected chi connectivity index (χ1v) is 5.00. The third kappa shape index (κ3) is 2.66. The van der Waals surface area contributed by atoms with E-state index in [0.29, 0.717) is 0 Å². The fourth-order valence-corrected chi connectivity index (χ4v) is 1.59. The smallest absolute Gasteiger partial charge is 0.215 e. The van der Waals surface area contributed by atoms with Gasteiger partial charge in [-0.3, -0.25) is 0 Å². The van der Waals surface area contributed by atoms with Crippen LogP contribution >= 0.6 is 15.9 Å². The van der Waals surface area contributed by atoms with E-state index in [1.165, 1.54) is 0 Å². The van der Waals surface area contributed by atoms with Crippen LogP contribution in [0.15, 0.2) is 6.07 Å². The first-order valence-electron chi connectivity index (χ1n) is 3.88. The van der Waals surface area contributed by atoms with E-state index in [1.54, 1.807) is 0 Å². The molecule has 0 saturated carbocycles. The van der Waals surface area contributed by atoms with Gasteiger partial charge in [0, 0.05) is 16.5 Å². The average Bonchev–Trinajstić information content (AvgIpc) is 2.14. The van der Waals surface area contributed by atoms with Crippen LogP contribution in [0.5, 0.6) is 0 Å². The average molecular weight is 308 g/mol. The van der Waals surface area contributed by atoms with Crippen molar-refractivity contribution in [3.8, 4) is 0 Å². The zero-order valence-electron chi connectivity index (χ0n) is 7.45. The summed E-state index contributed by atoms with van der Waals surface area (Å²) in [5.41, 5.74) is -3.23. The Morgan fingerprint density at radius 1 is 1.31 bits per heavy atom. The van der Waals surface area contributed by atoms with Gasteiger partial charge in [0.2, 0.25) is 5.95 Å². The molecule has 0 radical (unpaired) electrons. The van der Waals surface area contributed by atoms with E-state index in [-0.39, 0.29) is 11.4 Å². The molecule has 8 heteroatoms. The first-order chi connectivity index (χ1) is 7.27. The summed E-state index contributed by atoms with van der Waals surface area (Å²) in [6, 6.07) is 0.157. The minimum atomic E-state index is -4.95. The summed E-state index contributed by atoms with van der Waals surface area (Å²) in [5.74, 6) is -1.54. The molecule has 1 aromatic heterocycles. The van der Waals surface area contributed by atoms with E-state index in [4.69, 9.17) is 0 Å². The molecule has 1 aromatic rings. The monoisotopic (exact) mass is 307 g/mol. The Labute approximate surface area is 94.6 Å². The summed E-state index contributed by atoms with van der Waals surface area (Å²) >= 11 is 2.71. The normalized spacial score (nSPS) is 12.2. The molecule has 0 amide bonds. The van der Waals surface area contributed by atoms with Gasteiger partial charge < -0.3 is 0 Å². The highest BCUT2D eigenvalue weighted by atomic mass is 79.9. The van der Waals surface area contributed by atoms with Gasteiger partial charge in [-0.15, -0.1) is 0 Å². The molecule has 0 aliphatic rings. The highest BCUT2D eigenvalue weighted by Crippen LogP contribution is 2.33. The maximum absolute atomic E-state index is 13.0. The standard InChI is InChI=1S/C8H4BrF6N/c9-2-4-3(6(10)11)1-5(8(13,14)15)16-7(4)12/h1,6H,2H2. The predicted octanol–water partition coefficient (Wildman–Crippen LogP) is 4.07. The molecule has 0 unspecified atom stereocenters. The fraction of sp³-hybridized carbons (Fsp3) is 0.375. The van der Waals surface area contributed by atoms with Crippen LogP contribution in [0.25, 0.3) is 0 Å². The van der Waals surface area contributed by atoms with Gasteiger partial charge in [0.05, 0.1) is 0 Å². The second kappa shape index (κ2) is 4.60. The number of pyridine rings is 1. The van der Waals surface area contributed by atoms with E-state index >= 15 is 0 Å². The van der Waals surface area contributed by atoms with Gasteiger partial charge in [-0.25, -0.2) is 13.8 Å². The third-order valence-electron chi connectivity index (χ3n) is 1.77. The van der Waals surface area contributed by atoms with Crippen molar-refractivity contribution >= 4 is 15.9 Å². The SMILES string of the molecule is Fc1nc(C(F)(F)F)cc(C(F)F)c1CBr. The number of halogens is 7. The summed E-state index contributed by atoms with van der Waals surface area (Å²) in [7, 11) is 0. The Kier molecular flexibility index (Phi) is 3.82. The maximum atomic E-state index is 13.0. The lowest BCUT2D eigenvalue weighted by Crippen LogP contribution is -2.12. The van der Waals surface area contributed by atoms with Crippen LogP contribution in [0.2, 0.25) is 0 Å². The van der Waals surface area contributed by atoms with Crippen molar-refractivity contribution in [3.63, 3.8) is 0 Å². The second-order valence-corrected chi connectivity index (χ2v) is 3.36. The molecule has 0 aliphatic heterocycles. The zero-order valence-corrected chi connectivity index (χ0v) is 9.04. The molecule has 1 rings (SSSR count). The van der Waals surface area contributed by atoms with Crippen molar-refractivity contribution in [3.05, 3.63) is 28.8 Å². The zero-order chi connectivity index (χ0) is 12.5. The molecule has 1 nitrogen and oxygen atoms in total.